The number of anilines is 1. The van der Waals surface area contributed by atoms with E-state index in [2.05, 4.69) is 31.2 Å². The normalized spacial score (nSPS) is 9.95. The zero-order chi connectivity index (χ0) is 13.8. The lowest BCUT2D eigenvalue weighted by Gasteiger charge is -2.06. The van der Waals surface area contributed by atoms with E-state index >= 15 is 0 Å². The lowest BCUT2D eigenvalue weighted by atomic mass is 10.2. The van der Waals surface area contributed by atoms with Crippen molar-refractivity contribution in [2.75, 3.05) is 5.32 Å². The summed E-state index contributed by atoms with van der Waals surface area (Å²) < 4.78 is 0.748. The number of nitrogens with zero attached hydrogens (tertiary/aromatic N) is 2. The number of carboxylic acids is 1. The Morgan fingerprint density at radius 1 is 1.21 bits per heavy atom. The molecule has 2 N–H and O–H groups in total. The van der Waals surface area contributed by atoms with Crippen molar-refractivity contribution in [3.8, 4) is 0 Å². The van der Waals surface area contributed by atoms with Crippen LogP contribution in [0.5, 0.6) is 0 Å². The summed E-state index contributed by atoms with van der Waals surface area (Å²) in [5, 5.41) is 11.4. The molecule has 2 rings (SSSR count). The molecule has 0 radical (unpaired) electrons. The molecule has 0 spiro atoms. The van der Waals surface area contributed by atoms with Gasteiger partial charge in [0.1, 0.15) is 0 Å². The fraction of sp³-hybridized carbons (Fsp3) is 0. The molecule has 0 saturated heterocycles. The van der Waals surface area contributed by atoms with Crippen LogP contribution in [0.15, 0.2) is 41.1 Å². The van der Waals surface area contributed by atoms with Crippen LogP contribution in [0.1, 0.15) is 20.8 Å². The Balaban J connectivity index is 2.27. The molecule has 6 nitrogen and oxygen atoms in total. The van der Waals surface area contributed by atoms with E-state index in [0.717, 1.165) is 4.47 Å². The molecule has 0 unspecified atom stereocenters. The molecule has 19 heavy (non-hydrogen) atoms. The number of rotatable bonds is 3. The zero-order valence-corrected chi connectivity index (χ0v) is 11.1. The molecule has 0 saturated carbocycles. The molecule has 0 atom stereocenters. The van der Waals surface area contributed by atoms with Crippen LogP contribution in [0.25, 0.3) is 0 Å². The number of aromatic nitrogens is 2. The molecular formula is C12H8BrN3O3. The largest absolute Gasteiger partial charge is 0.476 e. The maximum Gasteiger partial charge on any atom is 0.358 e. The number of amides is 1. The summed E-state index contributed by atoms with van der Waals surface area (Å²) in [6, 6.07) is 6.71. The van der Waals surface area contributed by atoms with Gasteiger partial charge in [0.05, 0.1) is 0 Å². The molecular weight excluding hydrogens is 314 g/mol. The van der Waals surface area contributed by atoms with Gasteiger partial charge in [-0.25, -0.2) is 14.8 Å². The van der Waals surface area contributed by atoms with Gasteiger partial charge in [-0.2, -0.15) is 0 Å². The van der Waals surface area contributed by atoms with Crippen LogP contribution in [-0.4, -0.2) is 27.0 Å². The first-order valence-corrected chi connectivity index (χ1v) is 5.98. The summed E-state index contributed by atoms with van der Waals surface area (Å²) in [5.74, 6) is -1.79. The summed E-state index contributed by atoms with van der Waals surface area (Å²) in [6.45, 7) is 0. The summed E-state index contributed by atoms with van der Waals surface area (Å²) >= 11 is 3.25. The van der Waals surface area contributed by atoms with Crippen molar-refractivity contribution in [2.45, 2.75) is 0 Å². The highest BCUT2D eigenvalue weighted by Gasteiger charge is 2.15. The zero-order valence-electron chi connectivity index (χ0n) is 9.50. The number of benzene rings is 1. The van der Waals surface area contributed by atoms with Crippen molar-refractivity contribution in [1.29, 1.82) is 0 Å². The molecule has 0 bridgehead atoms. The third-order valence-corrected chi connectivity index (χ3v) is 2.71. The van der Waals surface area contributed by atoms with Gasteiger partial charge in [-0.15, -0.1) is 0 Å². The lowest BCUT2D eigenvalue weighted by molar-refractivity contribution is 0.0691. The predicted molar refractivity (Wildman–Crippen MR) is 71.1 cm³/mol. The maximum absolute atomic E-state index is 11.9. The van der Waals surface area contributed by atoms with Gasteiger partial charge in [0.2, 0.25) is 0 Å². The Labute approximate surface area is 116 Å². The van der Waals surface area contributed by atoms with E-state index in [4.69, 9.17) is 5.11 Å². The molecule has 0 aliphatic rings. The second-order valence-electron chi connectivity index (χ2n) is 3.52. The van der Waals surface area contributed by atoms with Crippen molar-refractivity contribution >= 4 is 33.6 Å². The van der Waals surface area contributed by atoms with E-state index in [9.17, 15) is 9.59 Å². The van der Waals surface area contributed by atoms with Crippen LogP contribution in [0, 0.1) is 0 Å². The number of carbonyl (C=O) groups is 2. The van der Waals surface area contributed by atoms with Crippen molar-refractivity contribution in [3.63, 3.8) is 0 Å². The van der Waals surface area contributed by atoms with E-state index in [1.807, 2.05) is 0 Å². The summed E-state index contributed by atoms with van der Waals surface area (Å²) in [6.07, 6.45) is 2.56. The van der Waals surface area contributed by atoms with Gasteiger partial charge in [0.15, 0.2) is 11.5 Å². The van der Waals surface area contributed by atoms with Crippen molar-refractivity contribution in [1.82, 2.24) is 9.97 Å². The lowest BCUT2D eigenvalue weighted by Crippen LogP contribution is -2.17. The number of aromatic carboxylic acids is 1. The third kappa shape index (κ3) is 3.14. The Morgan fingerprint density at radius 3 is 2.63 bits per heavy atom. The topological polar surface area (TPSA) is 92.2 Å². The third-order valence-electron chi connectivity index (χ3n) is 2.22. The van der Waals surface area contributed by atoms with Crippen molar-refractivity contribution in [2.24, 2.45) is 0 Å². The molecule has 0 aliphatic carbocycles. The quantitative estimate of drug-likeness (QED) is 0.904. The van der Waals surface area contributed by atoms with Gasteiger partial charge in [0, 0.05) is 22.4 Å². The number of halogens is 1. The first-order valence-electron chi connectivity index (χ1n) is 5.19. The Morgan fingerprint density at radius 2 is 1.95 bits per heavy atom. The molecule has 1 aromatic carbocycles. The van der Waals surface area contributed by atoms with E-state index in [-0.39, 0.29) is 11.5 Å². The fourth-order valence-corrected chi connectivity index (χ4v) is 1.79. The molecule has 0 fully saturated rings. The van der Waals surface area contributed by atoms with Crippen LogP contribution < -0.4 is 5.32 Å². The first kappa shape index (κ1) is 13.2. The van der Waals surface area contributed by atoms with Gasteiger partial charge in [-0.05, 0) is 18.2 Å². The van der Waals surface area contributed by atoms with E-state index in [1.54, 1.807) is 24.3 Å². The maximum atomic E-state index is 11.9. The SMILES string of the molecule is O=C(Nc1nccnc1C(=O)O)c1cccc(Br)c1. The summed E-state index contributed by atoms with van der Waals surface area (Å²) in [4.78, 5) is 30.3. The molecule has 1 amide bonds. The van der Waals surface area contributed by atoms with E-state index in [1.165, 1.54) is 12.4 Å². The van der Waals surface area contributed by atoms with Gasteiger partial charge < -0.3 is 10.4 Å². The minimum Gasteiger partial charge on any atom is -0.476 e. The predicted octanol–water partition coefficient (Wildman–Crippen LogP) is 2.19. The fourth-order valence-electron chi connectivity index (χ4n) is 1.40. The Bertz CT molecular complexity index is 646. The monoisotopic (exact) mass is 321 g/mol. The second kappa shape index (κ2) is 5.57. The van der Waals surface area contributed by atoms with Crippen molar-refractivity contribution in [3.05, 3.63) is 52.4 Å². The Hall–Kier alpha value is -2.28. The average Bonchev–Trinajstić information content (AvgIpc) is 2.39. The van der Waals surface area contributed by atoms with Crippen molar-refractivity contribution < 1.29 is 14.7 Å². The summed E-state index contributed by atoms with van der Waals surface area (Å²) in [7, 11) is 0. The number of hydrogen-bond acceptors (Lipinski definition) is 4. The van der Waals surface area contributed by atoms with Crippen LogP contribution >= 0.6 is 15.9 Å². The van der Waals surface area contributed by atoms with Gasteiger partial charge in [0.25, 0.3) is 5.91 Å². The number of hydrogen-bond donors (Lipinski definition) is 2. The number of nitrogens with one attached hydrogen (secondary N) is 1. The Kier molecular flexibility index (Phi) is 3.86. The minimum absolute atomic E-state index is 0.0834. The standard InChI is InChI=1S/C12H8BrN3O3/c13-8-3-1-2-7(6-8)11(17)16-10-9(12(18)19)14-4-5-15-10/h1-6H,(H,18,19)(H,15,16,17). The molecule has 1 aromatic heterocycles. The first-order chi connectivity index (χ1) is 9.08. The highest BCUT2D eigenvalue weighted by Crippen LogP contribution is 2.14. The van der Waals surface area contributed by atoms with Gasteiger partial charge >= 0.3 is 5.97 Å². The second-order valence-corrected chi connectivity index (χ2v) is 4.44. The smallest absolute Gasteiger partial charge is 0.358 e. The average molecular weight is 322 g/mol. The van der Waals surface area contributed by atoms with Gasteiger partial charge in [-0.1, -0.05) is 22.0 Å². The van der Waals surface area contributed by atoms with Gasteiger partial charge in [-0.3, -0.25) is 4.79 Å². The van der Waals surface area contributed by atoms with Crippen LogP contribution in [0.2, 0.25) is 0 Å². The van der Waals surface area contributed by atoms with Crippen LogP contribution in [-0.2, 0) is 0 Å². The highest BCUT2D eigenvalue weighted by molar-refractivity contribution is 9.10. The summed E-state index contributed by atoms with van der Waals surface area (Å²) in [5.41, 5.74) is 0.0854. The van der Waals surface area contributed by atoms with E-state index in [0.29, 0.717) is 5.56 Å². The highest BCUT2D eigenvalue weighted by atomic mass is 79.9. The molecule has 7 heteroatoms. The van der Waals surface area contributed by atoms with E-state index < -0.39 is 11.9 Å². The molecule has 96 valence electrons. The molecule has 1 heterocycles. The molecule has 2 aromatic rings. The van der Waals surface area contributed by atoms with Crippen LogP contribution in [0.4, 0.5) is 5.82 Å². The number of carbonyl (C=O) groups excluding carboxylic acids is 1. The number of carboxylic acid groups (broad SMARTS) is 1. The van der Waals surface area contributed by atoms with Crippen LogP contribution in [0.3, 0.4) is 0 Å². The minimum atomic E-state index is -1.25. The molecule has 0 aliphatic heterocycles.